The van der Waals surface area contributed by atoms with Crippen LogP contribution in [0.4, 0.5) is 0 Å². The number of aromatic amines is 1. The Morgan fingerprint density at radius 2 is 1.57 bits per heavy atom. The third-order valence-electron chi connectivity index (χ3n) is 4.98. The molecule has 6 heteroatoms. The fraction of sp³-hybridized carbons (Fsp3) is 0.276. The van der Waals surface area contributed by atoms with E-state index in [1.807, 2.05) is 86.6 Å². The minimum Gasteiger partial charge on any atom is -0.481 e. The van der Waals surface area contributed by atoms with Crippen LogP contribution >= 0.6 is 0 Å². The third-order valence-corrected chi connectivity index (χ3v) is 4.98. The summed E-state index contributed by atoms with van der Waals surface area (Å²) in [6.07, 6.45) is 0.353. The van der Waals surface area contributed by atoms with Crippen molar-refractivity contribution < 1.29 is 14.3 Å². The molecule has 0 aliphatic carbocycles. The van der Waals surface area contributed by atoms with Gasteiger partial charge in [0.2, 0.25) is 5.75 Å². The Bertz CT molecular complexity index is 1330. The molecule has 35 heavy (non-hydrogen) atoms. The SMILES string of the molecule is CC.CC(C)(C)OC(=O)c1nc(Cc2cccc3ccccc23)[nH]c(=O)c1OCc1ccccc1. The number of hydrogen-bond donors (Lipinski definition) is 1. The molecule has 0 bridgehead atoms. The number of ether oxygens (including phenoxy) is 2. The molecule has 0 fully saturated rings. The predicted octanol–water partition coefficient (Wildman–Crippen LogP) is 6.07. The van der Waals surface area contributed by atoms with Crippen LogP contribution in [0.25, 0.3) is 10.8 Å². The molecular formula is C29H32N2O4. The average Bonchev–Trinajstić information content (AvgIpc) is 2.84. The summed E-state index contributed by atoms with van der Waals surface area (Å²) in [4.78, 5) is 33.2. The monoisotopic (exact) mass is 472 g/mol. The fourth-order valence-electron chi connectivity index (χ4n) is 3.55. The van der Waals surface area contributed by atoms with Crippen molar-refractivity contribution in [3.8, 4) is 5.75 Å². The molecule has 0 radical (unpaired) electrons. The number of carbonyl (C=O) groups excluding carboxylic acids is 1. The van der Waals surface area contributed by atoms with Gasteiger partial charge in [-0.25, -0.2) is 9.78 Å². The molecule has 6 nitrogen and oxygen atoms in total. The summed E-state index contributed by atoms with van der Waals surface area (Å²) in [6.45, 7) is 9.42. The van der Waals surface area contributed by atoms with E-state index in [0.29, 0.717) is 12.2 Å². The first-order chi connectivity index (χ1) is 16.8. The summed E-state index contributed by atoms with van der Waals surface area (Å²) in [7, 11) is 0. The van der Waals surface area contributed by atoms with Crippen molar-refractivity contribution in [3.05, 3.63) is 106 Å². The second kappa shape index (κ2) is 11.5. The molecule has 0 unspecified atom stereocenters. The van der Waals surface area contributed by atoms with Gasteiger partial charge in [0.15, 0.2) is 5.69 Å². The van der Waals surface area contributed by atoms with Gasteiger partial charge in [-0.2, -0.15) is 0 Å². The van der Waals surface area contributed by atoms with Gasteiger partial charge in [0.25, 0.3) is 5.56 Å². The number of carbonyl (C=O) groups is 1. The zero-order valence-electron chi connectivity index (χ0n) is 20.9. The highest BCUT2D eigenvalue weighted by molar-refractivity contribution is 5.90. The van der Waals surface area contributed by atoms with E-state index in [4.69, 9.17) is 9.47 Å². The van der Waals surface area contributed by atoms with E-state index in [1.165, 1.54) is 0 Å². The maximum atomic E-state index is 13.0. The van der Waals surface area contributed by atoms with Gasteiger partial charge in [-0.05, 0) is 42.7 Å². The number of rotatable bonds is 6. The highest BCUT2D eigenvalue weighted by Gasteiger charge is 2.26. The summed E-state index contributed by atoms with van der Waals surface area (Å²) in [6, 6.07) is 23.4. The Labute approximate surface area is 206 Å². The van der Waals surface area contributed by atoms with Gasteiger partial charge in [0.05, 0.1) is 0 Å². The van der Waals surface area contributed by atoms with E-state index in [2.05, 4.69) is 9.97 Å². The van der Waals surface area contributed by atoms with Crippen LogP contribution in [0.5, 0.6) is 5.75 Å². The van der Waals surface area contributed by atoms with Gasteiger partial charge >= 0.3 is 5.97 Å². The number of fused-ring (bicyclic) bond motifs is 1. The zero-order valence-corrected chi connectivity index (χ0v) is 20.9. The lowest BCUT2D eigenvalue weighted by Gasteiger charge is -2.20. The molecular weight excluding hydrogens is 440 g/mol. The Kier molecular flexibility index (Phi) is 8.42. The van der Waals surface area contributed by atoms with Gasteiger partial charge in [-0.3, -0.25) is 4.79 Å². The lowest BCUT2D eigenvalue weighted by molar-refractivity contribution is 0.00573. The number of nitrogens with zero attached hydrogens (tertiary/aromatic N) is 1. The van der Waals surface area contributed by atoms with Crippen LogP contribution < -0.4 is 10.3 Å². The molecule has 1 heterocycles. The quantitative estimate of drug-likeness (QED) is 0.344. The first-order valence-corrected chi connectivity index (χ1v) is 11.8. The second-order valence-electron chi connectivity index (χ2n) is 8.78. The molecule has 182 valence electrons. The molecule has 0 saturated carbocycles. The van der Waals surface area contributed by atoms with E-state index in [0.717, 1.165) is 21.9 Å². The van der Waals surface area contributed by atoms with Crippen molar-refractivity contribution in [1.82, 2.24) is 9.97 Å². The normalized spacial score (nSPS) is 10.9. The van der Waals surface area contributed by atoms with Gasteiger partial charge < -0.3 is 14.5 Å². The van der Waals surface area contributed by atoms with Crippen LogP contribution in [-0.2, 0) is 17.8 Å². The molecule has 0 aliphatic heterocycles. The van der Waals surface area contributed by atoms with Crippen molar-refractivity contribution in [2.24, 2.45) is 0 Å². The molecule has 4 aromatic rings. The number of esters is 1. The van der Waals surface area contributed by atoms with Crippen LogP contribution in [0.15, 0.2) is 77.6 Å². The number of aromatic nitrogens is 2. The minimum atomic E-state index is -0.742. The number of H-pyrrole nitrogens is 1. The van der Waals surface area contributed by atoms with Gasteiger partial charge in [0.1, 0.15) is 18.0 Å². The van der Waals surface area contributed by atoms with Gasteiger partial charge in [-0.15, -0.1) is 0 Å². The van der Waals surface area contributed by atoms with E-state index in [-0.39, 0.29) is 18.1 Å². The van der Waals surface area contributed by atoms with Crippen LogP contribution in [0.3, 0.4) is 0 Å². The van der Waals surface area contributed by atoms with Crippen molar-refractivity contribution in [2.45, 2.75) is 53.2 Å². The first kappa shape index (κ1) is 25.7. The van der Waals surface area contributed by atoms with Gasteiger partial charge in [0, 0.05) is 6.42 Å². The van der Waals surface area contributed by atoms with E-state index >= 15 is 0 Å². The summed E-state index contributed by atoms with van der Waals surface area (Å²) in [5.74, 6) is -0.477. The number of nitrogens with one attached hydrogen (secondary N) is 1. The van der Waals surface area contributed by atoms with Crippen molar-refractivity contribution in [3.63, 3.8) is 0 Å². The van der Waals surface area contributed by atoms with Crippen LogP contribution in [0.1, 0.15) is 62.1 Å². The Morgan fingerprint density at radius 1 is 0.914 bits per heavy atom. The Morgan fingerprint density at radius 3 is 2.29 bits per heavy atom. The fourth-order valence-corrected chi connectivity index (χ4v) is 3.55. The van der Waals surface area contributed by atoms with Crippen molar-refractivity contribution in [2.75, 3.05) is 0 Å². The largest absolute Gasteiger partial charge is 0.481 e. The van der Waals surface area contributed by atoms with Crippen LogP contribution in [-0.4, -0.2) is 21.5 Å². The lowest BCUT2D eigenvalue weighted by atomic mass is 10.0. The Balaban J connectivity index is 0.00000167. The lowest BCUT2D eigenvalue weighted by Crippen LogP contribution is -2.28. The third kappa shape index (κ3) is 6.79. The molecule has 1 N–H and O–H groups in total. The second-order valence-corrected chi connectivity index (χ2v) is 8.78. The summed E-state index contributed by atoms with van der Waals surface area (Å²) >= 11 is 0. The molecule has 0 atom stereocenters. The van der Waals surface area contributed by atoms with Crippen LogP contribution in [0.2, 0.25) is 0 Å². The molecule has 0 spiro atoms. The summed E-state index contributed by atoms with van der Waals surface area (Å²) in [5.41, 5.74) is 0.474. The van der Waals surface area contributed by atoms with Crippen molar-refractivity contribution in [1.29, 1.82) is 0 Å². The van der Waals surface area contributed by atoms with E-state index < -0.39 is 17.1 Å². The van der Waals surface area contributed by atoms with E-state index in [9.17, 15) is 9.59 Å². The molecule has 0 amide bonds. The maximum absolute atomic E-state index is 13.0. The summed E-state index contributed by atoms with van der Waals surface area (Å²) in [5, 5.41) is 2.15. The standard InChI is InChI=1S/C27H26N2O4.C2H6/c1-27(2,3)33-26(31)23-24(32-17-18-10-5-4-6-11-18)25(30)29-22(28-23)16-20-14-9-13-19-12-7-8-15-21(19)20;1-2/h4-15H,16-17H2,1-3H3,(H,28,29,30);1-2H3. The van der Waals surface area contributed by atoms with E-state index in [1.54, 1.807) is 20.8 Å². The molecule has 3 aromatic carbocycles. The zero-order chi connectivity index (χ0) is 25.4. The van der Waals surface area contributed by atoms with Crippen LogP contribution in [0, 0.1) is 0 Å². The Hall–Kier alpha value is -3.93. The average molecular weight is 473 g/mol. The number of benzene rings is 3. The topological polar surface area (TPSA) is 81.3 Å². The molecule has 0 aliphatic rings. The minimum absolute atomic E-state index is 0.125. The number of hydrogen-bond acceptors (Lipinski definition) is 5. The molecule has 1 aromatic heterocycles. The molecule has 0 saturated heterocycles. The highest BCUT2D eigenvalue weighted by Crippen LogP contribution is 2.22. The van der Waals surface area contributed by atoms with Crippen molar-refractivity contribution >= 4 is 16.7 Å². The van der Waals surface area contributed by atoms with Gasteiger partial charge in [-0.1, -0.05) is 86.6 Å². The highest BCUT2D eigenvalue weighted by atomic mass is 16.6. The first-order valence-electron chi connectivity index (χ1n) is 11.8. The smallest absolute Gasteiger partial charge is 0.361 e. The maximum Gasteiger partial charge on any atom is 0.361 e. The predicted molar refractivity (Wildman–Crippen MR) is 139 cm³/mol. The molecule has 4 rings (SSSR count). The summed E-state index contributed by atoms with van der Waals surface area (Å²) < 4.78 is 11.3.